The number of rotatable bonds is 3. The van der Waals surface area contributed by atoms with E-state index in [4.69, 9.17) is 17.5 Å². The van der Waals surface area contributed by atoms with Gasteiger partial charge in [0, 0.05) is 6.54 Å². The van der Waals surface area contributed by atoms with Gasteiger partial charge in [-0.05, 0) is 54.9 Å². The highest BCUT2D eigenvalue weighted by Gasteiger charge is 2.06. The topological polar surface area (TPSA) is 44.5 Å². The maximum Gasteiger partial charge on any atom is 0.178 e. The van der Waals surface area contributed by atoms with Crippen LogP contribution < -0.4 is 0 Å². The number of H-pyrrole nitrogens is 1. The highest BCUT2D eigenvalue weighted by Crippen LogP contribution is 2.17. The van der Waals surface area contributed by atoms with Gasteiger partial charge in [-0.1, -0.05) is 24.3 Å². The lowest BCUT2D eigenvalue weighted by Gasteiger charge is -2.07. The third kappa shape index (κ3) is 2.61. The third-order valence-corrected chi connectivity index (χ3v) is 4.09. The minimum absolute atomic E-state index is 0.654. The fourth-order valence-corrected chi connectivity index (χ4v) is 2.87. The molecule has 104 valence electrons. The van der Waals surface area contributed by atoms with E-state index in [1.165, 1.54) is 11.1 Å². The fourth-order valence-electron chi connectivity index (χ4n) is 2.57. The third-order valence-electron chi connectivity index (χ3n) is 3.77. The van der Waals surface area contributed by atoms with Crippen LogP contribution in [0.25, 0.3) is 11.0 Å². The number of aromatic nitrogens is 2. The molecule has 0 aliphatic rings. The molecule has 1 N–H and O–H groups in total. The summed E-state index contributed by atoms with van der Waals surface area (Å²) in [6.07, 6.45) is 0.921. The Kier molecular flexibility index (Phi) is 3.59. The van der Waals surface area contributed by atoms with Gasteiger partial charge < -0.3 is 9.55 Å². The van der Waals surface area contributed by atoms with E-state index in [0.717, 1.165) is 24.0 Å². The first kappa shape index (κ1) is 13.6. The zero-order valence-corrected chi connectivity index (χ0v) is 12.6. The second-order valence-electron chi connectivity index (χ2n) is 5.10. The summed E-state index contributed by atoms with van der Waals surface area (Å²) in [6.45, 7) is 2.93. The number of benzene rings is 2. The summed E-state index contributed by atoms with van der Waals surface area (Å²) in [6, 6.07) is 16.2. The van der Waals surface area contributed by atoms with Crippen molar-refractivity contribution in [2.75, 3.05) is 0 Å². The van der Waals surface area contributed by atoms with E-state index in [-0.39, 0.29) is 0 Å². The van der Waals surface area contributed by atoms with Crippen molar-refractivity contribution in [2.24, 2.45) is 0 Å². The number of imidazole rings is 1. The molecule has 3 aromatic rings. The van der Waals surface area contributed by atoms with Crippen LogP contribution in [0.5, 0.6) is 0 Å². The van der Waals surface area contributed by atoms with Gasteiger partial charge in [0.2, 0.25) is 0 Å². The molecule has 0 fully saturated rings. The highest BCUT2D eigenvalue weighted by atomic mass is 32.1. The molecule has 0 aliphatic carbocycles. The lowest BCUT2D eigenvalue weighted by molar-refractivity contribution is 0.704. The van der Waals surface area contributed by atoms with E-state index in [1.54, 1.807) is 6.07 Å². The molecule has 0 bridgehead atoms. The molecule has 0 saturated carbocycles. The van der Waals surface area contributed by atoms with E-state index < -0.39 is 0 Å². The smallest absolute Gasteiger partial charge is 0.178 e. The van der Waals surface area contributed by atoms with Crippen LogP contribution >= 0.6 is 12.2 Å². The lowest BCUT2D eigenvalue weighted by atomic mass is 10.1. The van der Waals surface area contributed by atoms with Gasteiger partial charge >= 0.3 is 0 Å². The second-order valence-corrected chi connectivity index (χ2v) is 5.49. The molecule has 4 heteroatoms. The molecular formula is C17H15N3S. The first-order valence-corrected chi connectivity index (χ1v) is 7.27. The Labute approximate surface area is 128 Å². The summed E-state index contributed by atoms with van der Waals surface area (Å²) >= 11 is 5.41. The Balaban J connectivity index is 1.97. The Hall–Kier alpha value is -2.38. The number of aromatic amines is 1. The summed E-state index contributed by atoms with van der Waals surface area (Å²) in [5.41, 5.74) is 5.24. The van der Waals surface area contributed by atoms with Crippen molar-refractivity contribution in [1.29, 1.82) is 5.26 Å². The SMILES string of the molecule is Cc1ccccc1CCn1c(=S)[nH]c2ccc(C#N)cc21. The number of aryl methyl sites for hydroxylation is 3. The molecule has 0 atom stereocenters. The quantitative estimate of drug-likeness (QED) is 0.738. The van der Waals surface area contributed by atoms with Crippen LogP contribution in [0.4, 0.5) is 0 Å². The van der Waals surface area contributed by atoms with Crippen molar-refractivity contribution in [2.45, 2.75) is 19.9 Å². The zero-order chi connectivity index (χ0) is 14.8. The average molecular weight is 293 g/mol. The standard InChI is InChI=1S/C17H15N3S/c1-12-4-2-3-5-14(12)8-9-20-16-10-13(11-18)6-7-15(16)19-17(20)21/h2-7,10H,8-9H2,1H3,(H,19,21). The summed E-state index contributed by atoms with van der Waals surface area (Å²) in [4.78, 5) is 3.20. The van der Waals surface area contributed by atoms with Gasteiger partial charge in [0.25, 0.3) is 0 Å². The molecule has 0 spiro atoms. The van der Waals surface area contributed by atoms with Crippen LogP contribution in [0.15, 0.2) is 42.5 Å². The van der Waals surface area contributed by atoms with Crippen LogP contribution in [-0.2, 0) is 13.0 Å². The van der Waals surface area contributed by atoms with E-state index in [2.05, 4.69) is 46.8 Å². The molecule has 3 nitrogen and oxygen atoms in total. The zero-order valence-electron chi connectivity index (χ0n) is 11.8. The van der Waals surface area contributed by atoms with Gasteiger partial charge in [0.15, 0.2) is 4.77 Å². The Morgan fingerprint density at radius 2 is 2.05 bits per heavy atom. The van der Waals surface area contributed by atoms with Gasteiger partial charge in [0.1, 0.15) is 0 Å². The summed E-state index contributed by atoms with van der Waals surface area (Å²) in [5, 5.41) is 9.04. The Morgan fingerprint density at radius 3 is 2.81 bits per heavy atom. The fraction of sp³-hybridized carbons (Fsp3) is 0.176. The number of hydrogen-bond acceptors (Lipinski definition) is 2. The van der Waals surface area contributed by atoms with E-state index >= 15 is 0 Å². The lowest BCUT2D eigenvalue weighted by Crippen LogP contribution is -2.02. The van der Waals surface area contributed by atoms with Crippen molar-refractivity contribution in [3.05, 3.63) is 63.9 Å². The van der Waals surface area contributed by atoms with E-state index in [0.29, 0.717) is 10.3 Å². The van der Waals surface area contributed by atoms with Crippen LogP contribution in [0.1, 0.15) is 16.7 Å². The van der Waals surface area contributed by atoms with Crippen LogP contribution in [0.3, 0.4) is 0 Å². The molecule has 21 heavy (non-hydrogen) atoms. The highest BCUT2D eigenvalue weighted by molar-refractivity contribution is 7.71. The van der Waals surface area contributed by atoms with Crippen molar-refractivity contribution in [3.8, 4) is 6.07 Å². The van der Waals surface area contributed by atoms with Crippen molar-refractivity contribution < 1.29 is 0 Å². The first-order chi connectivity index (χ1) is 10.2. The summed E-state index contributed by atoms with van der Waals surface area (Å²) in [7, 11) is 0. The summed E-state index contributed by atoms with van der Waals surface area (Å²) in [5.74, 6) is 0. The van der Waals surface area contributed by atoms with Gasteiger partial charge in [-0.25, -0.2) is 0 Å². The van der Waals surface area contributed by atoms with Crippen molar-refractivity contribution in [3.63, 3.8) is 0 Å². The molecule has 2 aromatic carbocycles. The van der Waals surface area contributed by atoms with Crippen LogP contribution in [0, 0.1) is 23.0 Å². The first-order valence-electron chi connectivity index (χ1n) is 6.86. The molecule has 0 amide bonds. The van der Waals surface area contributed by atoms with Gasteiger partial charge in [-0.15, -0.1) is 0 Å². The van der Waals surface area contributed by atoms with E-state index in [9.17, 15) is 0 Å². The maximum absolute atomic E-state index is 9.04. The molecule has 3 rings (SSSR count). The molecule has 1 aromatic heterocycles. The Morgan fingerprint density at radius 1 is 1.24 bits per heavy atom. The van der Waals surface area contributed by atoms with E-state index in [1.807, 2.05) is 12.1 Å². The maximum atomic E-state index is 9.04. The van der Waals surface area contributed by atoms with Gasteiger partial charge in [-0.3, -0.25) is 0 Å². The predicted molar refractivity (Wildman–Crippen MR) is 86.7 cm³/mol. The van der Waals surface area contributed by atoms with Crippen molar-refractivity contribution >= 4 is 23.3 Å². The monoisotopic (exact) mass is 293 g/mol. The van der Waals surface area contributed by atoms with Gasteiger partial charge in [-0.2, -0.15) is 5.26 Å². The molecule has 0 saturated heterocycles. The molecule has 0 unspecified atom stereocenters. The number of fused-ring (bicyclic) bond motifs is 1. The largest absolute Gasteiger partial charge is 0.331 e. The van der Waals surface area contributed by atoms with Crippen LogP contribution in [0.2, 0.25) is 0 Å². The molecular weight excluding hydrogens is 278 g/mol. The van der Waals surface area contributed by atoms with Crippen molar-refractivity contribution in [1.82, 2.24) is 9.55 Å². The van der Waals surface area contributed by atoms with Gasteiger partial charge in [0.05, 0.1) is 22.7 Å². The molecule has 1 heterocycles. The normalized spacial score (nSPS) is 10.7. The van der Waals surface area contributed by atoms with Crippen LogP contribution in [-0.4, -0.2) is 9.55 Å². The number of nitrogens with zero attached hydrogens (tertiary/aromatic N) is 2. The minimum Gasteiger partial charge on any atom is -0.331 e. The molecule has 0 radical (unpaired) electrons. The Bertz CT molecular complexity index is 896. The molecule has 0 aliphatic heterocycles. The number of nitriles is 1. The summed E-state index contributed by atoms with van der Waals surface area (Å²) < 4.78 is 2.77. The minimum atomic E-state index is 0.654. The second kappa shape index (κ2) is 5.55. The number of nitrogens with one attached hydrogen (secondary N) is 1. The number of hydrogen-bond donors (Lipinski definition) is 1. The predicted octanol–water partition coefficient (Wildman–Crippen LogP) is 4.12. The average Bonchev–Trinajstić information content (AvgIpc) is 2.81.